The zero-order valence-corrected chi connectivity index (χ0v) is 13.2. The Hall–Kier alpha value is -1.30. The maximum atomic E-state index is 9.50. The first-order chi connectivity index (χ1) is 10.1. The highest BCUT2D eigenvalue weighted by Crippen LogP contribution is 2.34. The van der Waals surface area contributed by atoms with Gasteiger partial charge in [-0.05, 0) is 37.1 Å². The van der Waals surface area contributed by atoms with E-state index in [2.05, 4.69) is 41.6 Å². The molecule has 3 rings (SSSR count). The third-order valence-corrected chi connectivity index (χ3v) is 5.07. The van der Waals surface area contributed by atoms with Crippen molar-refractivity contribution in [2.45, 2.75) is 19.0 Å². The Kier molecular flexibility index (Phi) is 4.06. The van der Waals surface area contributed by atoms with E-state index < -0.39 is 0 Å². The minimum Gasteiger partial charge on any atom is -0.396 e. The molecule has 0 radical (unpaired) electrons. The minimum absolute atomic E-state index is 0.0933. The molecule has 1 aliphatic heterocycles. The van der Waals surface area contributed by atoms with Gasteiger partial charge in [0, 0.05) is 29.2 Å². The number of hydrogen-bond acceptors (Lipinski definition) is 4. The molecule has 0 aliphatic carbocycles. The van der Waals surface area contributed by atoms with Crippen LogP contribution in [0.3, 0.4) is 0 Å². The Balaban J connectivity index is 1.80. The molecule has 21 heavy (non-hydrogen) atoms. The van der Waals surface area contributed by atoms with E-state index in [1.807, 2.05) is 12.4 Å². The van der Waals surface area contributed by atoms with Crippen LogP contribution in [-0.2, 0) is 4.74 Å². The lowest BCUT2D eigenvalue weighted by Gasteiger charge is -2.39. The third kappa shape index (κ3) is 3.00. The van der Waals surface area contributed by atoms with Gasteiger partial charge in [-0.25, -0.2) is 4.98 Å². The number of ether oxygens (including phenoxy) is 1. The van der Waals surface area contributed by atoms with Crippen molar-refractivity contribution in [2.75, 3.05) is 25.6 Å². The van der Waals surface area contributed by atoms with Crippen LogP contribution in [0.5, 0.6) is 0 Å². The fourth-order valence-corrected chi connectivity index (χ4v) is 3.65. The van der Waals surface area contributed by atoms with E-state index in [1.165, 1.54) is 11.1 Å². The molecule has 0 bridgehead atoms. The number of thioether (sulfide) groups is 1. The van der Waals surface area contributed by atoms with E-state index in [4.69, 9.17) is 4.74 Å². The summed E-state index contributed by atoms with van der Waals surface area (Å²) in [5.41, 5.74) is 3.53. The fourth-order valence-electron chi connectivity index (χ4n) is 2.51. The molecule has 2 aromatic rings. The van der Waals surface area contributed by atoms with Crippen LogP contribution in [-0.4, -0.2) is 40.2 Å². The average Bonchev–Trinajstić information content (AvgIpc) is 2.85. The fraction of sp³-hybridized carbons (Fsp3) is 0.438. The number of nitrogens with zero attached hydrogens (tertiary/aromatic N) is 2. The first kappa shape index (κ1) is 14.6. The second-order valence-electron chi connectivity index (χ2n) is 5.87. The SMILES string of the molecule is Cc1cc(C)cc(-n2ccnc2SCC2(CO)COC2)c1. The Morgan fingerprint density at radius 1 is 1.29 bits per heavy atom. The van der Waals surface area contributed by atoms with Crippen molar-refractivity contribution < 1.29 is 9.84 Å². The highest BCUT2D eigenvalue weighted by molar-refractivity contribution is 7.99. The highest BCUT2D eigenvalue weighted by Gasteiger charge is 2.38. The van der Waals surface area contributed by atoms with Crippen LogP contribution in [0.2, 0.25) is 0 Å². The third-order valence-electron chi connectivity index (χ3n) is 3.75. The number of aliphatic hydroxyl groups is 1. The molecular weight excluding hydrogens is 284 g/mol. The van der Waals surface area contributed by atoms with Crippen molar-refractivity contribution in [1.29, 1.82) is 0 Å². The molecule has 1 N–H and O–H groups in total. The number of imidazole rings is 1. The Bertz CT molecular complexity index is 609. The highest BCUT2D eigenvalue weighted by atomic mass is 32.2. The molecule has 0 atom stereocenters. The van der Waals surface area contributed by atoms with Gasteiger partial charge in [-0.1, -0.05) is 17.8 Å². The molecule has 1 aromatic carbocycles. The first-order valence-corrected chi connectivity index (χ1v) is 8.04. The number of aromatic nitrogens is 2. The van der Waals surface area contributed by atoms with Crippen LogP contribution in [0.4, 0.5) is 0 Å². The zero-order chi connectivity index (χ0) is 14.9. The summed E-state index contributed by atoms with van der Waals surface area (Å²) in [6, 6.07) is 6.49. The predicted octanol–water partition coefficient (Wildman–Crippen LogP) is 2.59. The van der Waals surface area contributed by atoms with Crippen molar-refractivity contribution >= 4 is 11.8 Å². The maximum absolute atomic E-state index is 9.50. The van der Waals surface area contributed by atoms with E-state index in [0.29, 0.717) is 13.2 Å². The number of hydrogen-bond donors (Lipinski definition) is 1. The monoisotopic (exact) mass is 304 g/mol. The first-order valence-electron chi connectivity index (χ1n) is 7.05. The van der Waals surface area contributed by atoms with Crippen LogP contribution >= 0.6 is 11.8 Å². The molecule has 2 heterocycles. The second-order valence-corrected chi connectivity index (χ2v) is 6.81. The smallest absolute Gasteiger partial charge is 0.172 e. The molecule has 1 aliphatic rings. The van der Waals surface area contributed by atoms with Crippen LogP contribution in [0.25, 0.3) is 5.69 Å². The van der Waals surface area contributed by atoms with Gasteiger partial charge in [0.05, 0.1) is 19.8 Å². The van der Waals surface area contributed by atoms with E-state index in [-0.39, 0.29) is 12.0 Å². The summed E-state index contributed by atoms with van der Waals surface area (Å²) < 4.78 is 7.35. The lowest BCUT2D eigenvalue weighted by Crippen LogP contribution is -2.47. The van der Waals surface area contributed by atoms with Crippen LogP contribution in [0.15, 0.2) is 35.7 Å². The van der Waals surface area contributed by atoms with Crippen molar-refractivity contribution in [3.05, 3.63) is 41.7 Å². The second kappa shape index (κ2) is 5.83. The summed E-state index contributed by atoms with van der Waals surface area (Å²) in [6.07, 6.45) is 3.81. The largest absolute Gasteiger partial charge is 0.396 e. The van der Waals surface area contributed by atoms with E-state index in [1.54, 1.807) is 11.8 Å². The normalized spacial score (nSPS) is 16.7. The lowest BCUT2D eigenvalue weighted by molar-refractivity contribution is -0.121. The van der Waals surface area contributed by atoms with Gasteiger partial charge in [0.2, 0.25) is 0 Å². The Morgan fingerprint density at radius 2 is 2.00 bits per heavy atom. The molecule has 112 valence electrons. The summed E-state index contributed by atoms with van der Waals surface area (Å²) in [6.45, 7) is 5.66. The molecule has 1 aromatic heterocycles. The minimum atomic E-state index is -0.0933. The summed E-state index contributed by atoms with van der Waals surface area (Å²) >= 11 is 1.68. The van der Waals surface area contributed by atoms with Crippen molar-refractivity contribution in [3.63, 3.8) is 0 Å². The molecule has 0 saturated carbocycles. The summed E-state index contributed by atoms with van der Waals surface area (Å²) in [4.78, 5) is 4.45. The lowest BCUT2D eigenvalue weighted by atomic mass is 9.90. The molecular formula is C16H20N2O2S. The van der Waals surface area contributed by atoms with Crippen molar-refractivity contribution in [1.82, 2.24) is 9.55 Å². The van der Waals surface area contributed by atoms with Gasteiger partial charge in [-0.15, -0.1) is 0 Å². The number of benzene rings is 1. The number of aliphatic hydroxyl groups excluding tert-OH is 1. The summed E-state index contributed by atoms with van der Waals surface area (Å²) in [5, 5.41) is 10.5. The van der Waals surface area contributed by atoms with Crippen LogP contribution < -0.4 is 0 Å². The van der Waals surface area contributed by atoms with Gasteiger partial charge in [0.25, 0.3) is 0 Å². The maximum Gasteiger partial charge on any atom is 0.172 e. The molecule has 1 fully saturated rings. The van der Waals surface area contributed by atoms with Gasteiger partial charge in [-0.2, -0.15) is 0 Å². The number of aryl methyl sites for hydroxylation is 2. The van der Waals surface area contributed by atoms with Crippen LogP contribution in [0.1, 0.15) is 11.1 Å². The topological polar surface area (TPSA) is 47.3 Å². The van der Waals surface area contributed by atoms with Gasteiger partial charge in [0.15, 0.2) is 5.16 Å². The van der Waals surface area contributed by atoms with Gasteiger partial charge in [-0.3, -0.25) is 4.57 Å². The summed E-state index contributed by atoms with van der Waals surface area (Å²) in [5.74, 6) is 0.825. The van der Waals surface area contributed by atoms with Crippen LogP contribution in [0, 0.1) is 19.3 Å². The van der Waals surface area contributed by atoms with E-state index in [9.17, 15) is 5.11 Å². The quantitative estimate of drug-likeness (QED) is 0.863. The molecule has 0 unspecified atom stereocenters. The predicted molar refractivity (Wildman–Crippen MR) is 84.1 cm³/mol. The van der Waals surface area contributed by atoms with Gasteiger partial charge >= 0.3 is 0 Å². The van der Waals surface area contributed by atoms with Crippen molar-refractivity contribution in [2.24, 2.45) is 5.41 Å². The molecule has 5 heteroatoms. The number of rotatable bonds is 5. The zero-order valence-electron chi connectivity index (χ0n) is 12.4. The Labute approximate surface area is 129 Å². The molecule has 0 amide bonds. The molecule has 4 nitrogen and oxygen atoms in total. The van der Waals surface area contributed by atoms with E-state index in [0.717, 1.165) is 16.6 Å². The van der Waals surface area contributed by atoms with Crippen molar-refractivity contribution in [3.8, 4) is 5.69 Å². The molecule has 1 saturated heterocycles. The summed E-state index contributed by atoms with van der Waals surface area (Å²) in [7, 11) is 0. The van der Waals surface area contributed by atoms with Gasteiger partial charge in [0.1, 0.15) is 0 Å². The Morgan fingerprint density at radius 3 is 2.57 bits per heavy atom. The van der Waals surface area contributed by atoms with E-state index >= 15 is 0 Å². The standard InChI is InChI=1S/C16H20N2O2S/c1-12-5-13(2)7-14(6-12)18-4-3-17-15(18)21-11-16(8-19)9-20-10-16/h3-7,19H,8-11H2,1-2H3. The average molecular weight is 304 g/mol. The van der Waals surface area contributed by atoms with Gasteiger partial charge < -0.3 is 9.84 Å². The molecule has 0 spiro atoms.